The van der Waals surface area contributed by atoms with Crippen molar-refractivity contribution in [2.75, 3.05) is 11.9 Å². The number of hydrogen-bond donors (Lipinski definition) is 1. The topological polar surface area (TPSA) is 45.0 Å². The molecule has 1 aliphatic carbocycles. The smallest absolute Gasteiger partial charge is 0.174 e. The molecule has 0 aliphatic heterocycles. The largest absolute Gasteiger partial charge is 0.479 e. The molecule has 0 spiro atoms. The first kappa shape index (κ1) is 12.8. The van der Waals surface area contributed by atoms with Crippen molar-refractivity contribution in [2.24, 2.45) is 5.92 Å². The van der Waals surface area contributed by atoms with Crippen LogP contribution in [-0.4, -0.2) is 12.6 Å². The van der Waals surface area contributed by atoms with Crippen molar-refractivity contribution in [3.63, 3.8) is 0 Å². The fourth-order valence-electron chi connectivity index (χ4n) is 2.36. The van der Waals surface area contributed by atoms with E-state index in [9.17, 15) is 0 Å². The molecule has 1 aliphatic rings. The number of hydrogen-bond acceptors (Lipinski definition) is 3. The van der Waals surface area contributed by atoms with Gasteiger partial charge >= 0.3 is 0 Å². The zero-order valence-electron chi connectivity index (χ0n) is 10.9. The molecule has 1 unspecified atom stereocenters. The quantitative estimate of drug-likeness (QED) is 0.832. The maximum atomic E-state index is 8.48. The lowest BCUT2D eigenvalue weighted by Gasteiger charge is -2.29. The lowest BCUT2D eigenvalue weighted by molar-refractivity contribution is 0.286. The van der Waals surface area contributed by atoms with E-state index in [4.69, 9.17) is 10.00 Å². The van der Waals surface area contributed by atoms with E-state index in [-0.39, 0.29) is 6.61 Å². The van der Waals surface area contributed by atoms with Gasteiger partial charge in [0.2, 0.25) is 0 Å². The van der Waals surface area contributed by atoms with E-state index in [2.05, 4.69) is 12.2 Å². The average molecular weight is 244 g/mol. The summed E-state index contributed by atoms with van der Waals surface area (Å²) in [7, 11) is 0. The molecule has 2 rings (SSSR count). The summed E-state index contributed by atoms with van der Waals surface area (Å²) in [5.74, 6) is 1.66. The molecule has 0 aromatic heterocycles. The first-order valence-electron chi connectivity index (χ1n) is 6.64. The van der Waals surface area contributed by atoms with Gasteiger partial charge in [0.05, 0.1) is 0 Å². The van der Waals surface area contributed by atoms with Crippen LogP contribution in [-0.2, 0) is 0 Å². The van der Waals surface area contributed by atoms with Gasteiger partial charge in [-0.1, -0.05) is 25.3 Å². The zero-order chi connectivity index (χ0) is 12.8. The second-order valence-electron chi connectivity index (χ2n) is 5.05. The second-order valence-corrected chi connectivity index (χ2v) is 5.05. The van der Waals surface area contributed by atoms with Crippen LogP contribution in [0.15, 0.2) is 24.3 Å². The van der Waals surface area contributed by atoms with Gasteiger partial charge in [-0.05, 0) is 31.4 Å². The molecule has 0 heterocycles. The molecule has 1 fully saturated rings. The van der Waals surface area contributed by atoms with Gasteiger partial charge in [-0.25, -0.2) is 0 Å². The lowest BCUT2D eigenvalue weighted by atomic mass is 9.81. The molecule has 96 valence electrons. The van der Waals surface area contributed by atoms with E-state index in [1.807, 2.05) is 30.3 Å². The SMILES string of the molecule is CC(CC1CCC1)Nc1cccc(OCC#N)c1. The Hall–Kier alpha value is -1.69. The number of nitriles is 1. The van der Waals surface area contributed by atoms with Crippen molar-refractivity contribution in [2.45, 2.75) is 38.6 Å². The van der Waals surface area contributed by atoms with Gasteiger partial charge in [0.25, 0.3) is 0 Å². The number of rotatable bonds is 6. The van der Waals surface area contributed by atoms with Crippen molar-refractivity contribution < 1.29 is 4.74 Å². The maximum Gasteiger partial charge on any atom is 0.174 e. The minimum Gasteiger partial charge on any atom is -0.479 e. The van der Waals surface area contributed by atoms with Gasteiger partial charge in [-0.2, -0.15) is 5.26 Å². The molecule has 1 N–H and O–H groups in total. The molecule has 1 atom stereocenters. The van der Waals surface area contributed by atoms with Crippen molar-refractivity contribution in [3.8, 4) is 11.8 Å². The van der Waals surface area contributed by atoms with Crippen molar-refractivity contribution in [1.82, 2.24) is 0 Å². The zero-order valence-corrected chi connectivity index (χ0v) is 10.9. The number of anilines is 1. The summed E-state index contributed by atoms with van der Waals surface area (Å²) in [6.07, 6.45) is 5.41. The maximum absolute atomic E-state index is 8.48. The van der Waals surface area contributed by atoms with Gasteiger partial charge < -0.3 is 10.1 Å². The lowest BCUT2D eigenvalue weighted by Crippen LogP contribution is -2.23. The van der Waals surface area contributed by atoms with Crippen LogP contribution in [0.25, 0.3) is 0 Å². The van der Waals surface area contributed by atoms with E-state index in [1.54, 1.807) is 0 Å². The highest BCUT2D eigenvalue weighted by Crippen LogP contribution is 2.31. The first-order chi connectivity index (χ1) is 8.78. The standard InChI is InChI=1S/C15H20N2O/c1-12(10-13-4-2-5-13)17-14-6-3-7-15(11-14)18-9-8-16/h3,6-7,11-13,17H,2,4-5,9-10H2,1H3. The molecular weight excluding hydrogens is 224 g/mol. The van der Waals surface area contributed by atoms with Crippen LogP contribution in [0.3, 0.4) is 0 Å². The van der Waals surface area contributed by atoms with Gasteiger partial charge in [-0.3, -0.25) is 0 Å². The Kier molecular flexibility index (Phi) is 4.46. The molecular formula is C15H20N2O. The van der Waals surface area contributed by atoms with Crippen molar-refractivity contribution in [1.29, 1.82) is 5.26 Å². The van der Waals surface area contributed by atoms with E-state index < -0.39 is 0 Å². The number of ether oxygens (including phenoxy) is 1. The van der Waals surface area contributed by atoms with E-state index in [1.165, 1.54) is 25.7 Å². The Morgan fingerprint density at radius 2 is 2.33 bits per heavy atom. The fourth-order valence-corrected chi connectivity index (χ4v) is 2.36. The number of nitrogens with one attached hydrogen (secondary N) is 1. The molecule has 0 radical (unpaired) electrons. The Morgan fingerprint density at radius 3 is 3.00 bits per heavy atom. The first-order valence-corrected chi connectivity index (χ1v) is 6.64. The van der Waals surface area contributed by atoms with Crippen LogP contribution in [0, 0.1) is 17.2 Å². The van der Waals surface area contributed by atoms with E-state index in [0.29, 0.717) is 6.04 Å². The summed E-state index contributed by atoms with van der Waals surface area (Å²) in [6, 6.07) is 10.3. The van der Waals surface area contributed by atoms with Crippen molar-refractivity contribution >= 4 is 5.69 Å². The normalized spacial score (nSPS) is 16.4. The second kappa shape index (κ2) is 6.30. The van der Waals surface area contributed by atoms with Crippen LogP contribution >= 0.6 is 0 Å². The summed E-state index contributed by atoms with van der Waals surface area (Å²) < 4.78 is 5.29. The molecule has 18 heavy (non-hydrogen) atoms. The number of benzene rings is 1. The number of nitrogens with zero attached hydrogens (tertiary/aromatic N) is 1. The fraction of sp³-hybridized carbons (Fsp3) is 0.533. The third kappa shape index (κ3) is 3.66. The summed E-state index contributed by atoms with van der Waals surface area (Å²) in [4.78, 5) is 0. The third-order valence-electron chi connectivity index (χ3n) is 3.46. The van der Waals surface area contributed by atoms with Crippen LogP contribution in [0.1, 0.15) is 32.6 Å². The van der Waals surface area contributed by atoms with E-state index in [0.717, 1.165) is 17.4 Å². The molecule has 0 amide bonds. The van der Waals surface area contributed by atoms with Crippen LogP contribution < -0.4 is 10.1 Å². The Morgan fingerprint density at radius 1 is 1.50 bits per heavy atom. The minimum absolute atomic E-state index is 0.0983. The van der Waals surface area contributed by atoms with Gasteiger partial charge in [0, 0.05) is 17.8 Å². The molecule has 1 saturated carbocycles. The predicted octanol–water partition coefficient (Wildman–Crippen LogP) is 3.58. The van der Waals surface area contributed by atoms with Crippen LogP contribution in [0.2, 0.25) is 0 Å². The molecule has 3 nitrogen and oxygen atoms in total. The van der Waals surface area contributed by atoms with E-state index >= 15 is 0 Å². The van der Waals surface area contributed by atoms with Crippen LogP contribution in [0.4, 0.5) is 5.69 Å². The predicted molar refractivity (Wildman–Crippen MR) is 72.6 cm³/mol. The van der Waals surface area contributed by atoms with Gasteiger partial charge in [0.15, 0.2) is 6.61 Å². The van der Waals surface area contributed by atoms with Crippen molar-refractivity contribution in [3.05, 3.63) is 24.3 Å². The minimum atomic E-state index is 0.0983. The highest BCUT2D eigenvalue weighted by molar-refractivity contribution is 5.48. The summed E-state index contributed by atoms with van der Waals surface area (Å²) in [5.41, 5.74) is 1.07. The Labute approximate surface area is 109 Å². The monoisotopic (exact) mass is 244 g/mol. The molecule has 1 aromatic carbocycles. The van der Waals surface area contributed by atoms with Gasteiger partial charge in [-0.15, -0.1) is 0 Å². The molecule has 3 heteroatoms. The Balaban J connectivity index is 1.85. The molecule has 0 bridgehead atoms. The molecule has 0 saturated heterocycles. The summed E-state index contributed by atoms with van der Waals surface area (Å²) in [6.45, 7) is 2.32. The average Bonchev–Trinajstić information content (AvgIpc) is 2.32. The third-order valence-corrected chi connectivity index (χ3v) is 3.46. The highest BCUT2D eigenvalue weighted by Gasteiger charge is 2.19. The Bertz CT molecular complexity index is 421. The highest BCUT2D eigenvalue weighted by atomic mass is 16.5. The summed E-state index contributed by atoms with van der Waals surface area (Å²) >= 11 is 0. The van der Waals surface area contributed by atoms with Gasteiger partial charge in [0.1, 0.15) is 11.8 Å². The van der Waals surface area contributed by atoms with Crippen LogP contribution in [0.5, 0.6) is 5.75 Å². The summed E-state index contributed by atoms with van der Waals surface area (Å²) in [5, 5.41) is 12.0. The molecule has 1 aromatic rings.